The van der Waals surface area contributed by atoms with E-state index in [1.807, 2.05) is 24.3 Å². The first kappa shape index (κ1) is 56.5. The molecule has 0 N–H and O–H groups in total. The van der Waals surface area contributed by atoms with Gasteiger partial charge < -0.3 is 53.0 Å². The number of nitrogens with zero attached hydrogens (tertiary/aromatic N) is 2. The van der Waals surface area contributed by atoms with Crippen molar-refractivity contribution in [3.8, 4) is 0 Å². The van der Waals surface area contributed by atoms with Crippen LogP contribution in [0.25, 0.3) is 0 Å². The van der Waals surface area contributed by atoms with Gasteiger partial charge in [-0.05, 0) is 75.9 Å². The molecule has 0 radical (unpaired) electrons. The molecule has 1 saturated heterocycles. The van der Waals surface area contributed by atoms with Gasteiger partial charge in [0.15, 0.2) is 5.79 Å². The van der Waals surface area contributed by atoms with Crippen LogP contribution in [0.1, 0.15) is 68.5 Å². The number of halogens is 10. The lowest BCUT2D eigenvalue weighted by atomic mass is 9.98. The maximum Gasteiger partial charge on any atom is 0.673 e. The minimum atomic E-state index is -6.00. The van der Waals surface area contributed by atoms with E-state index in [-0.39, 0.29) is 23.8 Å². The average Bonchev–Trinajstić information content (AvgIpc) is 3.60. The number of hydrogen-bond donors (Lipinski definition) is 0. The predicted octanol–water partition coefficient (Wildman–Crippen LogP) is 14.5. The van der Waals surface area contributed by atoms with Crippen LogP contribution in [0.2, 0.25) is 0 Å². The van der Waals surface area contributed by atoms with Gasteiger partial charge in [0.2, 0.25) is 0 Å². The van der Waals surface area contributed by atoms with Crippen molar-refractivity contribution >= 4 is 14.5 Å². The summed E-state index contributed by atoms with van der Waals surface area (Å²) in [6.07, 6.45) is 2.06. The zero-order valence-corrected chi connectivity index (χ0v) is 41.2. The zero-order chi connectivity index (χ0) is 52.0. The van der Waals surface area contributed by atoms with E-state index < -0.39 is 20.3 Å². The molecule has 6 aromatic rings. The van der Waals surface area contributed by atoms with E-state index in [9.17, 15) is 43.3 Å². The molecule has 0 unspecified atom stereocenters. The summed E-state index contributed by atoms with van der Waals surface area (Å²) in [7, 11) is -7.27. The van der Waals surface area contributed by atoms with Gasteiger partial charge in [-0.3, -0.25) is 0 Å². The Bertz CT molecular complexity index is 2240. The van der Waals surface area contributed by atoms with Gasteiger partial charge in [0.1, 0.15) is 63.1 Å². The van der Waals surface area contributed by atoms with Crippen LogP contribution in [0.5, 0.6) is 0 Å². The van der Waals surface area contributed by atoms with Crippen LogP contribution in [0, 0.1) is 39.3 Å². The molecule has 6 aromatic carbocycles. The summed E-state index contributed by atoms with van der Waals surface area (Å²) in [5, 5.41) is 0. The summed E-state index contributed by atoms with van der Waals surface area (Å²) < 4.78 is 123. The first-order valence-electron chi connectivity index (χ1n) is 23.7. The standard InChI is InChI=1S/C55H64F2N2O2.2BF4/c1-41-7-15-47(16-8-41)35-58(5,36-48-17-9-42(2)10-18-48)39-53-54(40-59(6,37-49-19-11-43(3)12-20-49)38-50-21-13-44(4)14-22-50)61-55(60-53,33-31-45-23-27-51(56)28-24-45)34-32-46-25-29-52(57)30-26-46;2*2-1(3,4)5/h7-30,53-54H,31-40H2,1-6H3;;/q+2;2*-1/t53-,54-;;/m0../s1. The quantitative estimate of drug-likeness (QED) is 0.0485. The first-order valence-corrected chi connectivity index (χ1v) is 23.7. The van der Waals surface area contributed by atoms with Crippen LogP contribution in [0.3, 0.4) is 0 Å². The highest BCUT2D eigenvalue weighted by Gasteiger charge is 2.52. The van der Waals surface area contributed by atoms with E-state index in [1.165, 1.54) is 68.8 Å². The van der Waals surface area contributed by atoms with Crippen molar-refractivity contribution in [2.24, 2.45) is 0 Å². The second-order valence-corrected chi connectivity index (χ2v) is 19.6. The van der Waals surface area contributed by atoms with Crippen molar-refractivity contribution in [3.05, 3.63) is 213 Å². The Morgan fingerprint density at radius 1 is 0.380 bits per heavy atom. The van der Waals surface area contributed by atoms with Crippen molar-refractivity contribution in [3.63, 3.8) is 0 Å². The average molecular weight is 997 g/mol. The van der Waals surface area contributed by atoms with Gasteiger partial charge in [-0.15, -0.1) is 0 Å². The third-order valence-electron chi connectivity index (χ3n) is 12.5. The van der Waals surface area contributed by atoms with Gasteiger partial charge >= 0.3 is 14.5 Å². The van der Waals surface area contributed by atoms with Gasteiger partial charge in [0.25, 0.3) is 0 Å². The van der Waals surface area contributed by atoms with Gasteiger partial charge in [-0.25, -0.2) is 8.78 Å². The van der Waals surface area contributed by atoms with Crippen molar-refractivity contribution < 1.29 is 61.7 Å². The van der Waals surface area contributed by atoms with Crippen molar-refractivity contribution in [2.45, 2.75) is 97.6 Å². The minimum absolute atomic E-state index is 0.240. The number of rotatable bonds is 18. The van der Waals surface area contributed by atoms with Crippen LogP contribution >= 0.6 is 0 Å². The largest absolute Gasteiger partial charge is 0.673 e. The van der Waals surface area contributed by atoms with E-state index >= 15 is 0 Å². The second kappa shape index (κ2) is 24.8. The summed E-state index contributed by atoms with van der Waals surface area (Å²) in [5.41, 5.74) is 12.2. The summed E-state index contributed by atoms with van der Waals surface area (Å²) in [6.45, 7) is 13.3. The summed E-state index contributed by atoms with van der Waals surface area (Å²) in [6, 6.07) is 49.3. The Morgan fingerprint density at radius 3 is 0.817 bits per heavy atom. The maximum absolute atomic E-state index is 14.1. The predicted molar refractivity (Wildman–Crippen MR) is 264 cm³/mol. The Balaban J connectivity index is 0.000000853. The lowest BCUT2D eigenvalue weighted by Gasteiger charge is -2.40. The first-order chi connectivity index (χ1) is 33.2. The van der Waals surface area contributed by atoms with Crippen molar-refractivity contribution in [1.82, 2.24) is 0 Å². The van der Waals surface area contributed by atoms with Crippen molar-refractivity contribution in [1.29, 1.82) is 0 Å². The van der Waals surface area contributed by atoms with Crippen LogP contribution < -0.4 is 0 Å². The number of quaternary nitrogens is 2. The monoisotopic (exact) mass is 996 g/mol. The number of benzene rings is 6. The third kappa shape index (κ3) is 20.7. The number of hydrogen-bond acceptors (Lipinski definition) is 2. The fourth-order valence-corrected chi connectivity index (χ4v) is 9.15. The normalized spacial score (nSPS) is 15.9. The molecule has 2 atom stereocenters. The topological polar surface area (TPSA) is 18.5 Å². The van der Waals surface area contributed by atoms with Gasteiger partial charge in [-0.2, -0.15) is 0 Å². The van der Waals surface area contributed by atoms with Gasteiger partial charge in [0.05, 0.1) is 14.1 Å². The molecule has 71 heavy (non-hydrogen) atoms. The van der Waals surface area contributed by atoms with Crippen LogP contribution in [0.4, 0.5) is 43.3 Å². The van der Waals surface area contributed by atoms with Crippen molar-refractivity contribution in [2.75, 3.05) is 27.2 Å². The van der Waals surface area contributed by atoms with E-state index in [1.54, 1.807) is 0 Å². The van der Waals surface area contributed by atoms with Gasteiger partial charge in [-0.1, -0.05) is 144 Å². The molecule has 1 heterocycles. The summed E-state index contributed by atoms with van der Waals surface area (Å²) in [4.78, 5) is 0. The Hall–Kier alpha value is -5.41. The number of aryl methyl sites for hydroxylation is 6. The third-order valence-corrected chi connectivity index (χ3v) is 12.5. The number of likely N-dealkylation sites (N-methyl/N-ethyl adjacent to an activating group) is 2. The Morgan fingerprint density at radius 2 is 0.592 bits per heavy atom. The van der Waals surface area contributed by atoms with E-state index in [0.717, 1.165) is 59.4 Å². The highest BCUT2D eigenvalue weighted by atomic mass is 19.5. The fourth-order valence-electron chi connectivity index (χ4n) is 9.15. The zero-order valence-electron chi connectivity index (χ0n) is 41.2. The van der Waals surface area contributed by atoms with Crippen LogP contribution in [-0.4, -0.2) is 68.7 Å². The number of ether oxygens (including phenoxy) is 2. The summed E-state index contributed by atoms with van der Waals surface area (Å²) >= 11 is 0. The molecule has 0 spiro atoms. The van der Waals surface area contributed by atoms with E-state index in [0.29, 0.717) is 25.7 Å². The van der Waals surface area contributed by atoms with Crippen LogP contribution in [-0.2, 0) is 48.5 Å². The Kier molecular flexibility index (Phi) is 19.7. The lowest BCUT2D eigenvalue weighted by molar-refractivity contribution is -0.944. The minimum Gasteiger partial charge on any atom is -0.418 e. The molecule has 16 heteroatoms. The van der Waals surface area contributed by atoms with Crippen LogP contribution in [0.15, 0.2) is 146 Å². The molecule has 382 valence electrons. The second-order valence-electron chi connectivity index (χ2n) is 19.6. The lowest BCUT2D eigenvalue weighted by Crippen LogP contribution is -2.54. The highest BCUT2D eigenvalue weighted by molar-refractivity contribution is 6.50. The summed E-state index contributed by atoms with van der Waals surface area (Å²) in [5.74, 6) is -1.42. The molecule has 0 aliphatic carbocycles. The molecule has 4 nitrogen and oxygen atoms in total. The molecular weight excluding hydrogens is 932 g/mol. The fraction of sp³-hybridized carbons (Fsp3) is 0.345. The molecule has 0 aromatic heterocycles. The molecule has 1 fully saturated rings. The van der Waals surface area contributed by atoms with E-state index in [4.69, 9.17) is 9.47 Å². The smallest absolute Gasteiger partial charge is 0.418 e. The molecule has 1 aliphatic heterocycles. The molecular formula is C55H64B2F10N2O2. The molecule has 7 rings (SSSR count). The molecule has 0 amide bonds. The highest BCUT2D eigenvalue weighted by Crippen LogP contribution is 2.40. The molecule has 0 bridgehead atoms. The molecule has 0 saturated carbocycles. The molecule has 1 aliphatic rings. The van der Waals surface area contributed by atoms with Gasteiger partial charge in [0, 0.05) is 35.1 Å². The maximum atomic E-state index is 14.1. The van der Waals surface area contributed by atoms with E-state index in [2.05, 4.69) is 139 Å². The Labute approximate surface area is 412 Å². The SMILES string of the molecule is Cc1ccc(C[N+](C)(Cc2ccc(C)cc2)C[C@@H]2OC(CCc3ccc(F)cc3)(CCc3ccc(F)cc3)O[C@H]2C[N+](C)(Cc2ccc(C)cc2)Cc2ccc(C)cc2)cc1.F[B-](F)(F)F.F[B-](F)(F)F.